The molecule has 0 unspecified atom stereocenters. The number of pyridine rings is 1. The van der Waals surface area contributed by atoms with Crippen LogP contribution in [0, 0.1) is 0 Å². The maximum Gasteiger partial charge on any atom is 0.234 e. The summed E-state index contributed by atoms with van der Waals surface area (Å²) in [7, 11) is 1.93. The summed E-state index contributed by atoms with van der Waals surface area (Å²) in [6, 6.07) is 6.37. The van der Waals surface area contributed by atoms with Gasteiger partial charge in [0.2, 0.25) is 5.91 Å². The number of nitrogens with zero attached hydrogens (tertiary/aromatic N) is 3. The second-order valence-electron chi connectivity index (χ2n) is 7.07. The van der Waals surface area contributed by atoms with Crippen LogP contribution in [-0.4, -0.2) is 83.9 Å². The smallest absolute Gasteiger partial charge is 0.234 e. The summed E-state index contributed by atoms with van der Waals surface area (Å²) in [5.74, 6) is 0.0519. The fourth-order valence-electron chi connectivity index (χ4n) is 3.71. The number of likely N-dealkylation sites (N-methyl/N-ethyl adjacent to an activating group) is 1. The van der Waals surface area contributed by atoms with Crippen LogP contribution >= 0.6 is 0 Å². The molecule has 2 fully saturated rings. The normalized spacial score (nSPS) is 26.6. The SMILES string of the molecule is CN(CC(=O)N[C@@H]1C[C@H]2CO[C@@H](CCO)CN2C1)Cc1ccccn1. The fourth-order valence-corrected chi connectivity index (χ4v) is 3.71. The van der Waals surface area contributed by atoms with E-state index < -0.39 is 0 Å². The van der Waals surface area contributed by atoms with Gasteiger partial charge in [-0.3, -0.25) is 19.6 Å². The maximum atomic E-state index is 12.3. The number of fused-ring (bicyclic) bond motifs is 1. The molecule has 0 radical (unpaired) electrons. The van der Waals surface area contributed by atoms with Crippen molar-refractivity contribution in [2.45, 2.75) is 37.6 Å². The van der Waals surface area contributed by atoms with Gasteiger partial charge >= 0.3 is 0 Å². The molecule has 0 spiro atoms. The minimum absolute atomic E-state index is 0.0519. The van der Waals surface area contributed by atoms with Gasteiger partial charge in [-0.1, -0.05) is 6.07 Å². The van der Waals surface area contributed by atoms with Gasteiger partial charge in [0.15, 0.2) is 0 Å². The lowest BCUT2D eigenvalue weighted by atomic mass is 10.1. The molecule has 2 saturated heterocycles. The Morgan fingerprint density at radius 3 is 3.12 bits per heavy atom. The van der Waals surface area contributed by atoms with Crippen LogP contribution in [0.5, 0.6) is 0 Å². The number of morpholine rings is 1. The van der Waals surface area contributed by atoms with Gasteiger partial charge < -0.3 is 15.2 Å². The Morgan fingerprint density at radius 2 is 2.36 bits per heavy atom. The highest BCUT2D eigenvalue weighted by Crippen LogP contribution is 2.24. The summed E-state index contributed by atoms with van der Waals surface area (Å²) in [5, 5.41) is 12.2. The number of carbonyl (C=O) groups is 1. The van der Waals surface area contributed by atoms with Crippen LogP contribution in [-0.2, 0) is 16.1 Å². The average Bonchev–Trinajstić information content (AvgIpc) is 2.97. The number of hydrogen-bond acceptors (Lipinski definition) is 6. The van der Waals surface area contributed by atoms with Crippen LogP contribution in [0.1, 0.15) is 18.5 Å². The zero-order valence-electron chi connectivity index (χ0n) is 14.8. The van der Waals surface area contributed by atoms with E-state index >= 15 is 0 Å². The van der Waals surface area contributed by atoms with Gasteiger partial charge in [-0.05, 0) is 32.0 Å². The van der Waals surface area contributed by atoms with Crippen molar-refractivity contribution in [3.05, 3.63) is 30.1 Å². The Morgan fingerprint density at radius 1 is 1.48 bits per heavy atom. The fraction of sp³-hybridized carbons (Fsp3) is 0.667. The molecular weight excluding hydrogens is 320 g/mol. The number of ether oxygens (including phenoxy) is 1. The van der Waals surface area contributed by atoms with E-state index in [1.54, 1.807) is 6.20 Å². The average molecular weight is 348 g/mol. The highest BCUT2D eigenvalue weighted by molar-refractivity contribution is 5.78. The summed E-state index contributed by atoms with van der Waals surface area (Å²) < 4.78 is 5.79. The van der Waals surface area contributed by atoms with Crippen molar-refractivity contribution in [3.63, 3.8) is 0 Å². The summed E-state index contributed by atoms with van der Waals surface area (Å²) in [6.07, 6.45) is 3.49. The molecule has 7 nitrogen and oxygen atoms in total. The van der Waals surface area contributed by atoms with Gasteiger partial charge in [0.25, 0.3) is 0 Å². The molecule has 1 aromatic rings. The molecule has 3 atom stereocenters. The standard InChI is InChI=1S/C18H28N4O3/c1-21(9-14-4-2-3-6-19-14)12-18(24)20-15-8-16-13-25-17(5-7-23)11-22(16)10-15/h2-4,6,15-17,23H,5,7-13H2,1H3,(H,20,24)/t15-,16+,17+/m1/s1. The number of nitrogens with one attached hydrogen (secondary N) is 1. The molecule has 2 aliphatic heterocycles. The van der Waals surface area contributed by atoms with E-state index in [0.717, 1.165) is 25.2 Å². The second kappa shape index (κ2) is 8.71. The van der Waals surface area contributed by atoms with Crippen molar-refractivity contribution in [1.29, 1.82) is 0 Å². The quantitative estimate of drug-likeness (QED) is 0.714. The molecule has 138 valence electrons. The van der Waals surface area contributed by atoms with E-state index in [1.807, 2.05) is 30.1 Å². The van der Waals surface area contributed by atoms with Crippen molar-refractivity contribution in [3.8, 4) is 0 Å². The Bertz CT molecular complexity index is 557. The van der Waals surface area contributed by atoms with Crippen molar-refractivity contribution >= 4 is 5.91 Å². The van der Waals surface area contributed by atoms with Crippen molar-refractivity contribution < 1.29 is 14.6 Å². The molecule has 7 heteroatoms. The molecule has 25 heavy (non-hydrogen) atoms. The molecular formula is C18H28N4O3. The third kappa shape index (κ3) is 5.22. The Balaban J connectivity index is 1.41. The number of carbonyl (C=O) groups excluding carboxylic acids is 1. The summed E-state index contributed by atoms with van der Waals surface area (Å²) in [6.45, 7) is 3.58. The van der Waals surface area contributed by atoms with Gasteiger partial charge in [0.1, 0.15) is 0 Å². The Kier molecular flexibility index (Phi) is 6.36. The third-order valence-corrected chi connectivity index (χ3v) is 4.88. The third-order valence-electron chi connectivity index (χ3n) is 4.88. The first kappa shape index (κ1) is 18.3. The van der Waals surface area contributed by atoms with Crippen LogP contribution in [0.25, 0.3) is 0 Å². The van der Waals surface area contributed by atoms with Crippen LogP contribution in [0.15, 0.2) is 24.4 Å². The first-order chi connectivity index (χ1) is 12.1. The first-order valence-electron chi connectivity index (χ1n) is 8.98. The molecule has 3 heterocycles. The van der Waals surface area contributed by atoms with Crippen LogP contribution in [0.3, 0.4) is 0 Å². The lowest BCUT2D eigenvalue weighted by Crippen LogP contribution is -2.46. The number of aliphatic hydroxyl groups is 1. The lowest BCUT2D eigenvalue weighted by molar-refractivity contribution is -0.122. The highest BCUT2D eigenvalue weighted by Gasteiger charge is 2.37. The van der Waals surface area contributed by atoms with Gasteiger partial charge in [-0.25, -0.2) is 0 Å². The molecule has 1 amide bonds. The van der Waals surface area contributed by atoms with Crippen molar-refractivity contribution in [1.82, 2.24) is 20.1 Å². The van der Waals surface area contributed by atoms with E-state index in [9.17, 15) is 4.79 Å². The van der Waals surface area contributed by atoms with Gasteiger partial charge in [-0.15, -0.1) is 0 Å². The second-order valence-corrected chi connectivity index (χ2v) is 7.07. The van der Waals surface area contributed by atoms with Crippen LogP contribution < -0.4 is 5.32 Å². The maximum absolute atomic E-state index is 12.3. The number of amides is 1. The molecule has 0 saturated carbocycles. The monoisotopic (exact) mass is 348 g/mol. The lowest BCUT2D eigenvalue weighted by Gasteiger charge is -2.34. The van der Waals surface area contributed by atoms with E-state index in [4.69, 9.17) is 9.84 Å². The topological polar surface area (TPSA) is 77.9 Å². The van der Waals surface area contributed by atoms with Gasteiger partial charge in [0.05, 0.1) is 24.9 Å². The van der Waals surface area contributed by atoms with Gasteiger partial charge in [-0.2, -0.15) is 0 Å². The summed E-state index contributed by atoms with van der Waals surface area (Å²) >= 11 is 0. The Labute approximate surface area is 149 Å². The van der Waals surface area contributed by atoms with Crippen LogP contribution in [0.4, 0.5) is 0 Å². The summed E-state index contributed by atoms with van der Waals surface area (Å²) in [5.41, 5.74) is 0.961. The molecule has 0 bridgehead atoms. The van der Waals surface area contributed by atoms with E-state index in [2.05, 4.69) is 15.2 Å². The zero-order chi connectivity index (χ0) is 17.6. The zero-order valence-corrected chi connectivity index (χ0v) is 14.8. The minimum atomic E-state index is 0.0519. The molecule has 0 aromatic carbocycles. The largest absolute Gasteiger partial charge is 0.396 e. The van der Waals surface area contributed by atoms with Crippen molar-refractivity contribution in [2.75, 3.05) is 39.9 Å². The van der Waals surface area contributed by atoms with Gasteiger partial charge in [0, 0.05) is 44.5 Å². The van der Waals surface area contributed by atoms with Crippen LogP contribution in [0.2, 0.25) is 0 Å². The van der Waals surface area contributed by atoms with E-state index in [-0.39, 0.29) is 24.7 Å². The predicted octanol–water partition coefficient (Wildman–Crippen LogP) is -0.146. The molecule has 3 rings (SSSR count). The Hall–Kier alpha value is -1.54. The molecule has 1 aromatic heterocycles. The van der Waals surface area contributed by atoms with E-state index in [1.165, 1.54) is 0 Å². The minimum Gasteiger partial charge on any atom is -0.396 e. The van der Waals surface area contributed by atoms with E-state index in [0.29, 0.717) is 32.2 Å². The molecule has 0 aliphatic carbocycles. The number of rotatable bonds is 7. The summed E-state index contributed by atoms with van der Waals surface area (Å²) in [4.78, 5) is 21.0. The first-order valence-corrected chi connectivity index (χ1v) is 8.98. The number of aliphatic hydroxyl groups excluding tert-OH is 1. The highest BCUT2D eigenvalue weighted by atomic mass is 16.5. The number of hydrogen-bond donors (Lipinski definition) is 2. The predicted molar refractivity (Wildman–Crippen MR) is 93.9 cm³/mol. The van der Waals surface area contributed by atoms with Crippen molar-refractivity contribution in [2.24, 2.45) is 0 Å². The molecule has 2 N–H and O–H groups in total. The molecule has 2 aliphatic rings. The number of aromatic nitrogens is 1.